The Bertz CT molecular complexity index is 1460. The number of Topliss-reactive ketones (excluding diaryl/α,β-unsaturated/α-hetero) is 1. The Labute approximate surface area is 229 Å². The Balaban J connectivity index is 1.61. The number of alkyl halides is 2. The number of carbonyl (C=O) groups is 1. The molecule has 39 heavy (non-hydrogen) atoms. The summed E-state index contributed by atoms with van der Waals surface area (Å²) in [5, 5.41) is 12.0. The average Bonchev–Trinajstić information content (AvgIpc) is 3.72. The molecule has 5 nitrogen and oxygen atoms in total. The molecule has 2 fully saturated rings. The summed E-state index contributed by atoms with van der Waals surface area (Å²) in [5.41, 5.74) is 2.09. The number of amidine groups is 1. The highest BCUT2D eigenvalue weighted by molar-refractivity contribution is 8.06. The summed E-state index contributed by atoms with van der Waals surface area (Å²) in [6.07, 6.45) is 4.28. The van der Waals surface area contributed by atoms with E-state index < -0.39 is 24.5 Å². The minimum atomic E-state index is -2.75. The van der Waals surface area contributed by atoms with Crippen LogP contribution >= 0.6 is 11.8 Å². The molecule has 0 unspecified atom stereocenters. The van der Waals surface area contributed by atoms with Crippen LogP contribution in [0, 0.1) is 24.1 Å². The molecule has 1 saturated carbocycles. The van der Waals surface area contributed by atoms with Gasteiger partial charge in [-0.25, -0.2) is 18.2 Å². The van der Waals surface area contributed by atoms with E-state index in [1.54, 1.807) is 36.9 Å². The molecule has 6 rings (SSSR count). The van der Waals surface area contributed by atoms with Gasteiger partial charge in [-0.1, -0.05) is 36.0 Å². The summed E-state index contributed by atoms with van der Waals surface area (Å²) in [7, 11) is 0. The molecule has 1 N–H and O–H groups in total. The van der Waals surface area contributed by atoms with Gasteiger partial charge in [0.05, 0.1) is 16.0 Å². The van der Waals surface area contributed by atoms with E-state index in [0.717, 1.165) is 35.4 Å². The summed E-state index contributed by atoms with van der Waals surface area (Å²) in [4.78, 5) is 25.9. The van der Waals surface area contributed by atoms with Crippen molar-refractivity contribution in [2.24, 2.45) is 16.3 Å². The van der Waals surface area contributed by atoms with Crippen molar-refractivity contribution in [1.29, 1.82) is 0 Å². The minimum absolute atomic E-state index is 0.136. The van der Waals surface area contributed by atoms with Gasteiger partial charge in [-0.3, -0.25) is 9.79 Å². The van der Waals surface area contributed by atoms with Crippen molar-refractivity contribution in [3.63, 3.8) is 0 Å². The molecule has 1 aromatic carbocycles. The number of halogens is 3. The number of ketones is 1. The first-order valence-electron chi connectivity index (χ1n) is 13.1. The largest absolute Gasteiger partial charge is 0.389 e. The van der Waals surface area contributed by atoms with E-state index in [4.69, 9.17) is 4.99 Å². The zero-order valence-electron chi connectivity index (χ0n) is 21.4. The summed E-state index contributed by atoms with van der Waals surface area (Å²) >= 11 is 1.54. The molecule has 2 atom stereocenters. The quantitative estimate of drug-likeness (QED) is 0.424. The molecule has 1 aliphatic carbocycles. The van der Waals surface area contributed by atoms with Crippen LogP contribution < -0.4 is 0 Å². The highest BCUT2D eigenvalue weighted by atomic mass is 32.2. The van der Waals surface area contributed by atoms with E-state index in [1.165, 1.54) is 18.2 Å². The van der Waals surface area contributed by atoms with Gasteiger partial charge < -0.3 is 10.0 Å². The van der Waals surface area contributed by atoms with Crippen LogP contribution in [0.3, 0.4) is 0 Å². The first-order chi connectivity index (χ1) is 18.8. The number of fused-ring (bicyclic) bond motifs is 1. The van der Waals surface area contributed by atoms with Crippen LogP contribution in [-0.4, -0.2) is 39.8 Å². The number of aromatic nitrogens is 1. The van der Waals surface area contributed by atoms with E-state index >= 15 is 0 Å². The highest BCUT2D eigenvalue weighted by Gasteiger charge is 2.57. The predicted octanol–water partition coefficient (Wildman–Crippen LogP) is 6.53. The van der Waals surface area contributed by atoms with Crippen molar-refractivity contribution in [3.05, 3.63) is 92.9 Å². The first kappa shape index (κ1) is 26.1. The third kappa shape index (κ3) is 4.55. The van der Waals surface area contributed by atoms with Crippen LogP contribution in [0.25, 0.3) is 5.57 Å². The molecule has 1 saturated heterocycles. The summed E-state index contributed by atoms with van der Waals surface area (Å²) in [5.74, 6) is 0.259. The molecule has 0 spiro atoms. The number of rotatable bonds is 7. The Morgan fingerprint density at radius 3 is 2.74 bits per heavy atom. The number of aryl methyl sites for hydroxylation is 1. The standard InChI is InChI=1S/C30H28F3N3O2S/c1-17-13-19(31)10-11-20(17)27-26(21-5-4-6-22(34-21)28(32)33)23-14-30(18-8-9-18,25(38)15-37)16-36(23)29(35-27)24-7-2-3-12-39-24/h3-7,10-13,18,27-28,37H,2,8-9,14-16H2,1H3/t27-,30-/m0/s1. The third-order valence-corrected chi connectivity index (χ3v) is 9.08. The van der Waals surface area contributed by atoms with Crippen LogP contribution in [0.15, 0.2) is 69.6 Å². The molecule has 4 aliphatic rings. The van der Waals surface area contributed by atoms with Crippen molar-refractivity contribution in [2.45, 2.75) is 45.1 Å². The zero-order chi connectivity index (χ0) is 27.3. The molecule has 1 aromatic heterocycles. The monoisotopic (exact) mass is 551 g/mol. The van der Waals surface area contributed by atoms with Gasteiger partial charge in [-0.2, -0.15) is 0 Å². The molecule has 202 valence electrons. The lowest BCUT2D eigenvalue weighted by atomic mass is 9.76. The van der Waals surface area contributed by atoms with E-state index in [2.05, 4.69) is 17.1 Å². The fourth-order valence-electron chi connectivity index (χ4n) is 6.09. The van der Waals surface area contributed by atoms with Gasteiger partial charge in [0.2, 0.25) is 0 Å². The second-order valence-corrected chi connectivity index (χ2v) is 11.5. The SMILES string of the molecule is Cc1cc(F)ccc1[C@@H]1N=C(C2=CCC=CS2)N2C[C@](C(=O)CO)(C3CC3)CC2=C1c1cccc(C(F)F)n1. The number of aliphatic imine (C=N–C) groups is 1. The molecule has 4 heterocycles. The number of benzene rings is 1. The lowest BCUT2D eigenvalue weighted by Crippen LogP contribution is -2.41. The number of nitrogens with zero attached hydrogens (tertiary/aromatic N) is 3. The number of thioether (sulfide) groups is 1. The van der Waals surface area contributed by atoms with Crippen molar-refractivity contribution in [1.82, 2.24) is 9.88 Å². The van der Waals surface area contributed by atoms with E-state index in [-0.39, 0.29) is 23.2 Å². The molecular formula is C30H28F3N3O2S. The topological polar surface area (TPSA) is 65.8 Å². The van der Waals surface area contributed by atoms with Crippen LogP contribution in [0.5, 0.6) is 0 Å². The maximum absolute atomic E-state index is 14.2. The number of hydrogen-bond acceptors (Lipinski definition) is 6. The fourth-order valence-corrected chi connectivity index (χ4v) is 6.90. The van der Waals surface area contributed by atoms with Gasteiger partial charge in [0.25, 0.3) is 6.43 Å². The smallest absolute Gasteiger partial charge is 0.280 e. The van der Waals surface area contributed by atoms with Crippen LogP contribution in [0.1, 0.15) is 60.7 Å². The highest BCUT2D eigenvalue weighted by Crippen LogP contribution is 2.58. The van der Waals surface area contributed by atoms with Crippen molar-refractivity contribution >= 4 is 29.0 Å². The summed E-state index contributed by atoms with van der Waals surface area (Å²) in [6, 6.07) is 8.42. The second kappa shape index (κ2) is 10.1. The molecule has 9 heteroatoms. The number of allylic oxidation sites excluding steroid dienone is 3. The molecule has 0 radical (unpaired) electrons. The minimum Gasteiger partial charge on any atom is -0.389 e. The Morgan fingerprint density at radius 1 is 1.26 bits per heavy atom. The van der Waals surface area contributed by atoms with Gasteiger partial charge >= 0.3 is 0 Å². The Hall–Kier alpha value is -3.17. The van der Waals surface area contributed by atoms with Crippen LogP contribution in [-0.2, 0) is 4.79 Å². The normalized spacial score (nSPS) is 24.7. The van der Waals surface area contributed by atoms with Crippen LogP contribution in [0.4, 0.5) is 13.2 Å². The first-order valence-corrected chi connectivity index (χ1v) is 14.0. The van der Waals surface area contributed by atoms with E-state index in [9.17, 15) is 23.1 Å². The van der Waals surface area contributed by atoms with Crippen molar-refractivity contribution in [3.8, 4) is 0 Å². The maximum Gasteiger partial charge on any atom is 0.280 e. The van der Waals surface area contributed by atoms with E-state index in [0.29, 0.717) is 35.6 Å². The zero-order valence-corrected chi connectivity index (χ0v) is 22.2. The predicted molar refractivity (Wildman–Crippen MR) is 145 cm³/mol. The van der Waals surface area contributed by atoms with Crippen molar-refractivity contribution in [2.75, 3.05) is 13.2 Å². The summed E-state index contributed by atoms with van der Waals surface area (Å²) in [6.45, 7) is 1.61. The fraction of sp³-hybridized carbons (Fsp3) is 0.367. The lowest BCUT2D eigenvalue weighted by molar-refractivity contribution is -0.132. The Morgan fingerprint density at radius 2 is 2.08 bits per heavy atom. The van der Waals surface area contributed by atoms with Gasteiger partial charge in [-0.05, 0) is 72.9 Å². The lowest BCUT2D eigenvalue weighted by Gasteiger charge is -2.35. The number of aliphatic hydroxyl groups excluding tert-OH is 1. The molecule has 0 amide bonds. The van der Waals surface area contributed by atoms with Gasteiger partial charge in [0.1, 0.15) is 30.0 Å². The summed E-state index contributed by atoms with van der Waals surface area (Å²) < 4.78 is 41.7. The van der Waals surface area contributed by atoms with Gasteiger partial charge in [-0.15, -0.1) is 0 Å². The molecule has 2 aromatic rings. The van der Waals surface area contributed by atoms with E-state index in [1.807, 2.05) is 10.3 Å². The average molecular weight is 552 g/mol. The van der Waals surface area contributed by atoms with Gasteiger partial charge in [0.15, 0.2) is 5.78 Å². The third-order valence-electron chi connectivity index (χ3n) is 8.15. The van der Waals surface area contributed by atoms with Crippen molar-refractivity contribution < 1.29 is 23.1 Å². The second-order valence-electron chi connectivity index (χ2n) is 10.5. The number of pyridine rings is 1. The maximum atomic E-state index is 14.2. The number of carbonyl (C=O) groups excluding carboxylic acids is 1. The van der Waals surface area contributed by atoms with Crippen LogP contribution in [0.2, 0.25) is 0 Å². The molecular weight excluding hydrogens is 523 g/mol. The molecule has 3 aliphatic heterocycles. The number of hydrogen-bond donors (Lipinski definition) is 1. The molecule has 0 bridgehead atoms. The van der Waals surface area contributed by atoms with Gasteiger partial charge in [0, 0.05) is 24.2 Å². The number of aliphatic hydroxyl groups is 1. The Kier molecular flexibility index (Phi) is 6.75.